The lowest BCUT2D eigenvalue weighted by molar-refractivity contribution is 0.0774. The van der Waals surface area contributed by atoms with E-state index in [1.807, 2.05) is 25.6 Å². The van der Waals surface area contributed by atoms with Gasteiger partial charge in [-0.15, -0.1) is 0 Å². The number of rotatable bonds is 3. The Bertz CT molecular complexity index is 611. The fraction of sp³-hybridized carbons (Fsp3) is 0.462. The van der Waals surface area contributed by atoms with Gasteiger partial charge in [-0.1, -0.05) is 0 Å². The second-order valence-electron chi connectivity index (χ2n) is 4.77. The minimum absolute atomic E-state index is 0.0392. The van der Waals surface area contributed by atoms with E-state index in [-0.39, 0.29) is 5.91 Å². The van der Waals surface area contributed by atoms with Gasteiger partial charge in [-0.25, -0.2) is 0 Å². The van der Waals surface area contributed by atoms with Crippen LogP contribution in [0.15, 0.2) is 12.3 Å². The summed E-state index contributed by atoms with van der Waals surface area (Å²) < 4.78 is 3.43. The maximum Gasteiger partial charge on any atom is 0.272 e. The van der Waals surface area contributed by atoms with Crippen LogP contribution in [0.25, 0.3) is 0 Å². The highest BCUT2D eigenvalue weighted by atomic mass is 16.2. The third-order valence-corrected chi connectivity index (χ3v) is 3.44. The molecule has 1 amide bonds. The molecule has 0 aliphatic heterocycles. The number of carbonyl (C=O) groups excluding carboxylic acids is 1. The predicted octanol–water partition coefficient (Wildman–Crippen LogP) is 1.04. The van der Waals surface area contributed by atoms with Crippen molar-refractivity contribution in [2.75, 3.05) is 7.05 Å². The topological polar surface area (TPSA) is 56.0 Å². The third kappa shape index (κ3) is 2.38. The van der Waals surface area contributed by atoms with Crippen LogP contribution in [0.3, 0.4) is 0 Å². The SMILES string of the molecule is Cc1nn(C)c(C)c1CN(C)C(=O)c1ccnn1C. The van der Waals surface area contributed by atoms with Gasteiger partial charge in [-0.2, -0.15) is 10.2 Å². The van der Waals surface area contributed by atoms with Crippen molar-refractivity contribution >= 4 is 5.91 Å². The van der Waals surface area contributed by atoms with Crippen molar-refractivity contribution in [1.82, 2.24) is 24.5 Å². The van der Waals surface area contributed by atoms with E-state index in [2.05, 4.69) is 10.2 Å². The van der Waals surface area contributed by atoms with Gasteiger partial charge in [0.05, 0.1) is 5.69 Å². The summed E-state index contributed by atoms with van der Waals surface area (Å²) in [4.78, 5) is 14.0. The molecule has 0 aliphatic carbocycles. The molecule has 6 heteroatoms. The van der Waals surface area contributed by atoms with Crippen molar-refractivity contribution in [3.05, 3.63) is 34.9 Å². The minimum Gasteiger partial charge on any atom is -0.336 e. The van der Waals surface area contributed by atoms with Gasteiger partial charge in [0.15, 0.2) is 0 Å². The summed E-state index contributed by atoms with van der Waals surface area (Å²) in [5, 5.41) is 8.38. The normalized spacial score (nSPS) is 10.8. The molecule has 2 rings (SSSR count). The second-order valence-corrected chi connectivity index (χ2v) is 4.77. The maximum atomic E-state index is 12.3. The van der Waals surface area contributed by atoms with Gasteiger partial charge in [-0.3, -0.25) is 14.2 Å². The first-order valence-corrected chi connectivity index (χ1v) is 6.14. The van der Waals surface area contributed by atoms with Crippen LogP contribution in [-0.4, -0.2) is 37.4 Å². The highest BCUT2D eigenvalue weighted by Crippen LogP contribution is 2.15. The molecule has 0 bridgehead atoms. The monoisotopic (exact) mass is 261 g/mol. The summed E-state index contributed by atoms with van der Waals surface area (Å²) in [6.45, 7) is 4.53. The van der Waals surface area contributed by atoms with Gasteiger partial charge in [-0.05, 0) is 19.9 Å². The van der Waals surface area contributed by atoms with Crippen molar-refractivity contribution in [3.63, 3.8) is 0 Å². The molecule has 6 nitrogen and oxygen atoms in total. The Morgan fingerprint density at radius 1 is 1.32 bits per heavy atom. The van der Waals surface area contributed by atoms with E-state index in [1.165, 1.54) is 0 Å². The smallest absolute Gasteiger partial charge is 0.272 e. The van der Waals surface area contributed by atoms with Crippen LogP contribution in [-0.2, 0) is 20.6 Å². The number of aromatic nitrogens is 4. The van der Waals surface area contributed by atoms with Crippen molar-refractivity contribution in [3.8, 4) is 0 Å². The quantitative estimate of drug-likeness (QED) is 0.829. The molecular formula is C13H19N5O. The zero-order valence-corrected chi connectivity index (χ0v) is 12.0. The maximum absolute atomic E-state index is 12.3. The lowest BCUT2D eigenvalue weighted by atomic mass is 10.2. The first kappa shape index (κ1) is 13.3. The molecule has 0 radical (unpaired) electrons. The molecule has 0 aliphatic rings. The third-order valence-electron chi connectivity index (χ3n) is 3.44. The molecular weight excluding hydrogens is 242 g/mol. The van der Waals surface area contributed by atoms with Crippen LogP contribution in [0.2, 0.25) is 0 Å². The van der Waals surface area contributed by atoms with Crippen molar-refractivity contribution in [1.29, 1.82) is 0 Å². The number of hydrogen-bond acceptors (Lipinski definition) is 3. The van der Waals surface area contributed by atoms with Gasteiger partial charge in [0.25, 0.3) is 5.91 Å². The van der Waals surface area contributed by atoms with E-state index in [0.717, 1.165) is 17.0 Å². The zero-order chi connectivity index (χ0) is 14.2. The lowest BCUT2D eigenvalue weighted by Gasteiger charge is -2.17. The van der Waals surface area contributed by atoms with Gasteiger partial charge in [0, 0.05) is 45.1 Å². The molecule has 0 atom stereocenters. The second kappa shape index (κ2) is 4.87. The Kier molecular flexibility index (Phi) is 3.42. The van der Waals surface area contributed by atoms with Crippen LogP contribution in [0.1, 0.15) is 27.4 Å². The molecule has 0 unspecified atom stereocenters. The standard InChI is InChI=1S/C13H19N5O/c1-9-11(10(2)17(4)15-9)8-16(3)13(19)12-6-7-14-18(12)5/h6-7H,8H2,1-5H3. The summed E-state index contributed by atoms with van der Waals surface area (Å²) in [5.41, 5.74) is 3.73. The minimum atomic E-state index is -0.0392. The van der Waals surface area contributed by atoms with E-state index in [9.17, 15) is 4.79 Å². The summed E-state index contributed by atoms with van der Waals surface area (Å²) in [7, 11) is 5.47. The van der Waals surface area contributed by atoms with E-state index in [1.54, 1.807) is 35.9 Å². The summed E-state index contributed by atoms with van der Waals surface area (Å²) in [5.74, 6) is -0.0392. The Balaban J connectivity index is 2.20. The average molecular weight is 261 g/mol. The molecule has 2 aromatic rings. The first-order chi connectivity index (χ1) is 8.91. The Morgan fingerprint density at radius 2 is 2.00 bits per heavy atom. The molecule has 2 aromatic heterocycles. The number of aryl methyl sites for hydroxylation is 3. The zero-order valence-electron chi connectivity index (χ0n) is 12.0. The van der Waals surface area contributed by atoms with Gasteiger partial charge in [0.1, 0.15) is 5.69 Å². The fourth-order valence-corrected chi connectivity index (χ4v) is 2.13. The van der Waals surface area contributed by atoms with Crippen LogP contribution in [0, 0.1) is 13.8 Å². The number of nitrogens with zero attached hydrogens (tertiary/aromatic N) is 5. The molecule has 0 saturated heterocycles. The molecule has 0 N–H and O–H groups in total. The van der Waals surface area contributed by atoms with Crippen LogP contribution in [0.5, 0.6) is 0 Å². The number of carbonyl (C=O) groups is 1. The molecule has 0 fully saturated rings. The van der Waals surface area contributed by atoms with E-state index < -0.39 is 0 Å². The van der Waals surface area contributed by atoms with Gasteiger partial charge >= 0.3 is 0 Å². The largest absolute Gasteiger partial charge is 0.336 e. The number of amides is 1. The van der Waals surface area contributed by atoms with Gasteiger partial charge in [0.2, 0.25) is 0 Å². The van der Waals surface area contributed by atoms with Gasteiger partial charge < -0.3 is 4.90 Å². The first-order valence-electron chi connectivity index (χ1n) is 6.14. The van der Waals surface area contributed by atoms with Crippen LogP contribution >= 0.6 is 0 Å². The van der Waals surface area contributed by atoms with E-state index in [0.29, 0.717) is 12.2 Å². The molecule has 0 aromatic carbocycles. The highest BCUT2D eigenvalue weighted by molar-refractivity contribution is 5.92. The fourth-order valence-electron chi connectivity index (χ4n) is 2.13. The summed E-state index contributed by atoms with van der Waals surface area (Å²) in [6.07, 6.45) is 1.63. The van der Waals surface area contributed by atoms with Crippen molar-refractivity contribution in [2.45, 2.75) is 20.4 Å². The molecule has 102 valence electrons. The Morgan fingerprint density at radius 3 is 2.47 bits per heavy atom. The van der Waals surface area contributed by atoms with E-state index in [4.69, 9.17) is 0 Å². The molecule has 2 heterocycles. The Hall–Kier alpha value is -2.11. The average Bonchev–Trinajstić information content (AvgIpc) is 2.88. The number of hydrogen-bond donors (Lipinski definition) is 0. The van der Waals surface area contributed by atoms with Crippen molar-refractivity contribution in [2.24, 2.45) is 14.1 Å². The Labute approximate surface area is 112 Å². The summed E-state index contributed by atoms with van der Waals surface area (Å²) in [6, 6.07) is 1.72. The lowest BCUT2D eigenvalue weighted by Crippen LogP contribution is -2.28. The molecule has 0 saturated carbocycles. The molecule has 0 spiro atoms. The predicted molar refractivity (Wildman–Crippen MR) is 71.7 cm³/mol. The van der Waals surface area contributed by atoms with Crippen molar-refractivity contribution < 1.29 is 4.79 Å². The van der Waals surface area contributed by atoms with Crippen LogP contribution in [0.4, 0.5) is 0 Å². The highest BCUT2D eigenvalue weighted by Gasteiger charge is 2.18. The summed E-state index contributed by atoms with van der Waals surface area (Å²) >= 11 is 0. The van der Waals surface area contributed by atoms with E-state index >= 15 is 0 Å². The molecule has 19 heavy (non-hydrogen) atoms. The van der Waals surface area contributed by atoms with Crippen LogP contribution < -0.4 is 0 Å².